The second-order valence-electron chi connectivity index (χ2n) is 10.3. The summed E-state index contributed by atoms with van der Waals surface area (Å²) in [4.78, 5) is 18.9. The van der Waals surface area contributed by atoms with E-state index in [0.717, 1.165) is 24.3 Å². The van der Waals surface area contributed by atoms with Crippen LogP contribution in [0.4, 0.5) is 32.2 Å². The van der Waals surface area contributed by atoms with E-state index in [2.05, 4.69) is 15.0 Å². The van der Waals surface area contributed by atoms with Crippen molar-refractivity contribution in [3.63, 3.8) is 0 Å². The number of carbonyl (C=O) groups is 1. The van der Waals surface area contributed by atoms with E-state index in [0.29, 0.717) is 5.56 Å². The highest BCUT2D eigenvalue weighted by molar-refractivity contribution is 7.91. The van der Waals surface area contributed by atoms with E-state index in [1.165, 1.54) is 54.4 Å². The average Bonchev–Trinajstić information content (AvgIpc) is 3.42. The van der Waals surface area contributed by atoms with Crippen molar-refractivity contribution < 1.29 is 49.0 Å². The summed E-state index contributed by atoms with van der Waals surface area (Å²) >= 11 is 0. The van der Waals surface area contributed by atoms with Gasteiger partial charge in [0.25, 0.3) is 5.91 Å². The number of anilines is 1. The van der Waals surface area contributed by atoms with Gasteiger partial charge in [0.05, 0.1) is 59.5 Å². The minimum Gasteiger partial charge on any atom is -0.489 e. The van der Waals surface area contributed by atoms with Crippen molar-refractivity contribution in [1.29, 1.82) is 5.26 Å². The molecule has 3 aromatic rings. The molecule has 0 saturated carbocycles. The van der Waals surface area contributed by atoms with Crippen LogP contribution in [0.2, 0.25) is 0 Å². The predicted molar refractivity (Wildman–Crippen MR) is 152 cm³/mol. The normalized spacial score (nSPS) is 17.7. The average molecular weight is 671 g/mol. The number of amides is 1. The molecule has 0 spiro atoms. The maximum Gasteiger partial charge on any atom is 0.522 e. The number of benzene rings is 2. The molecule has 0 radical (unpaired) electrons. The summed E-state index contributed by atoms with van der Waals surface area (Å²) in [6.07, 6.45) is -9.04. The summed E-state index contributed by atoms with van der Waals surface area (Å²) < 4.78 is 111. The van der Waals surface area contributed by atoms with E-state index in [1.807, 2.05) is 6.07 Å². The maximum absolute atomic E-state index is 13.0. The Morgan fingerprint density at radius 1 is 1.07 bits per heavy atom. The summed E-state index contributed by atoms with van der Waals surface area (Å²) in [5, 5.41) is 12.0. The number of hydrogen-bond acceptors (Lipinski definition) is 8. The molecule has 2 heterocycles. The lowest BCUT2D eigenvalue weighted by atomic mass is 10.0. The molecular weight excluding hydrogens is 642 g/mol. The fourth-order valence-electron chi connectivity index (χ4n) is 4.85. The molecule has 2 aromatic carbocycles. The second kappa shape index (κ2) is 14.0. The number of ether oxygens (including phenoxy) is 2. The number of hydrogen-bond donors (Lipinski definition) is 1. The molecule has 1 saturated heterocycles. The summed E-state index contributed by atoms with van der Waals surface area (Å²) in [6.45, 7) is 0.769. The predicted octanol–water partition coefficient (Wildman–Crippen LogP) is 5.84. The molecule has 1 aromatic heterocycles. The van der Waals surface area contributed by atoms with Crippen molar-refractivity contribution in [2.75, 3.05) is 23.8 Å². The first-order valence-electron chi connectivity index (χ1n) is 13.9. The smallest absolute Gasteiger partial charge is 0.489 e. The zero-order valence-electron chi connectivity index (χ0n) is 24.2. The van der Waals surface area contributed by atoms with Gasteiger partial charge in [-0.25, -0.2) is 13.4 Å². The molecule has 1 aliphatic rings. The van der Waals surface area contributed by atoms with Crippen LogP contribution in [-0.4, -0.2) is 56.7 Å². The number of sulfone groups is 1. The second-order valence-corrected chi connectivity index (χ2v) is 12.6. The molecule has 3 atom stereocenters. The molecule has 0 bridgehead atoms. The summed E-state index contributed by atoms with van der Waals surface area (Å²) in [5.41, 5.74) is -0.299. The van der Waals surface area contributed by atoms with Crippen molar-refractivity contribution in [1.82, 2.24) is 10.3 Å². The fraction of sp³-hybridized carbons (Fsp3) is 0.367. The van der Waals surface area contributed by atoms with Gasteiger partial charge in [0.2, 0.25) is 0 Å². The lowest BCUT2D eigenvalue weighted by Crippen LogP contribution is -2.36. The van der Waals surface area contributed by atoms with Gasteiger partial charge in [-0.05, 0) is 54.1 Å². The third kappa shape index (κ3) is 8.88. The van der Waals surface area contributed by atoms with Crippen LogP contribution in [0, 0.1) is 11.3 Å². The van der Waals surface area contributed by atoms with Crippen LogP contribution < -0.4 is 15.0 Å². The minimum atomic E-state index is -4.90. The lowest BCUT2D eigenvalue weighted by molar-refractivity contribution is -0.325. The first-order valence-corrected chi connectivity index (χ1v) is 15.5. The van der Waals surface area contributed by atoms with E-state index in [9.17, 15) is 44.8 Å². The SMILES string of the molecule is CCS(=O)(=O)c1ccc([C@H](CC#N)NC(=O)c2ccc(N3C[C@H](Oc4ccc(C(F)(F)F)cc4)CC3COC(F)(F)F)nc2)cc1. The number of rotatable bonds is 11. The van der Waals surface area contributed by atoms with Crippen LogP contribution in [0.5, 0.6) is 5.75 Å². The monoisotopic (exact) mass is 670 g/mol. The number of nitrogens with zero attached hydrogens (tertiary/aromatic N) is 3. The molecule has 4 rings (SSSR count). The standard InChI is InChI=1S/C30H28F6N4O5S/c1-2-46(42,43)25-10-3-19(4-11-25)26(13-14-37)39-28(41)20-5-12-27(38-16-20)40-17-24(15-22(40)18-44-30(34,35)36)45-23-8-6-21(7-9-23)29(31,32)33/h3-12,16,22,24,26H,2,13,15,17-18H2,1H3,(H,39,41)/t22?,24-,26+/m1/s1. The summed E-state index contributed by atoms with van der Waals surface area (Å²) in [5.74, 6) is -0.393. The van der Waals surface area contributed by atoms with Crippen molar-refractivity contribution in [2.45, 2.75) is 55.4 Å². The van der Waals surface area contributed by atoms with Crippen LogP contribution >= 0.6 is 0 Å². The van der Waals surface area contributed by atoms with E-state index in [1.54, 1.807) is 0 Å². The van der Waals surface area contributed by atoms with Crippen molar-refractivity contribution in [3.05, 3.63) is 83.6 Å². The number of halogens is 6. The largest absolute Gasteiger partial charge is 0.522 e. The topological polar surface area (TPSA) is 122 Å². The first kappa shape index (κ1) is 34.5. The Morgan fingerprint density at radius 3 is 2.28 bits per heavy atom. The van der Waals surface area contributed by atoms with Gasteiger partial charge >= 0.3 is 12.5 Å². The molecule has 1 amide bonds. The number of carbonyl (C=O) groups excluding carboxylic acids is 1. The quantitative estimate of drug-likeness (QED) is 0.253. The Balaban J connectivity index is 1.47. The minimum absolute atomic E-state index is 0.0272. The van der Waals surface area contributed by atoms with Gasteiger partial charge in [-0.2, -0.15) is 18.4 Å². The summed E-state index contributed by atoms with van der Waals surface area (Å²) in [7, 11) is -3.44. The van der Waals surface area contributed by atoms with Crippen LogP contribution in [-0.2, 0) is 20.8 Å². The molecule has 1 aliphatic heterocycles. The highest BCUT2D eigenvalue weighted by atomic mass is 32.2. The molecule has 46 heavy (non-hydrogen) atoms. The van der Waals surface area contributed by atoms with Crippen LogP contribution in [0.1, 0.15) is 47.3 Å². The van der Waals surface area contributed by atoms with Gasteiger partial charge in [0, 0.05) is 12.6 Å². The van der Waals surface area contributed by atoms with Crippen LogP contribution in [0.3, 0.4) is 0 Å². The van der Waals surface area contributed by atoms with Crippen molar-refractivity contribution >= 4 is 21.6 Å². The fourth-order valence-corrected chi connectivity index (χ4v) is 5.74. The van der Waals surface area contributed by atoms with E-state index in [-0.39, 0.29) is 47.2 Å². The molecule has 1 unspecified atom stereocenters. The Kier molecular flexibility index (Phi) is 10.5. The molecular formula is C30H28F6N4O5S. The Bertz CT molecular complexity index is 1640. The molecule has 16 heteroatoms. The first-order chi connectivity index (χ1) is 21.6. The zero-order valence-corrected chi connectivity index (χ0v) is 25.0. The number of aromatic nitrogens is 1. The molecule has 0 aliphatic carbocycles. The highest BCUT2D eigenvalue weighted by Gasteiger charge is 2.39. The number of nitrogens with one attached hydrogen (secondary N) is 1. The van der Waals surface area contributed by atoms with E-state index >= 15 is 0 Å². The zero-order chi connectivity index (χ0) is 33.7. The van der Waals surface area contributed by atoms with Gasteiger partial charge in [-0.3, -0.25) is 9.53 Å². The van der Waals surface area contributed by atoms with Gasteiger partial charge in [-0.1, -0.05) is 19.1 Å². The number of pyridine rings is 1. The highest BCUT2D eigenvalue weighted by Crippen LogP contribution is 2.33. The van der Waals surface area contributed by atoms with Gasteiger partial charge in [0.1, 0.15) is 17.7 Å². The van der Waals surface area contributed by atoms with Gasteiger partial charge in [0.15, 0.2) is 9.84 Å². The van der Waals surface area contributed by atoms with Crippen LogP contribution in [0.15, 0.2) is 71.8 Å². The Hall–Kier alpha value is -4.36. The van der Waals surface area contributed by atoms with Crippen LogP contribution in [0.25, 0.3) is 0 Å². The Labute approximate surface area is 260 Å². The third-order valence-corrected chi connectivity index (χ3v) is 8.98. The molecule has 246 valence electrons. The van der Waals surface area contributed by atoms with Crippen molar-refractivity contribution in [2.24, 2.45) is 0 Å². The van der Waals surface area contributed by atoms with Gasteiger partial charge in [-0.15, -0.1) is 13.2 Å². The number of alkyl halides is 6. The summed E-state index contributed by atoms with van der Waals surface area (Å²) in [6, 6.07) is 12.9. The van der Waals surface area contributed by atoms with E-state index < -0.39 is 58.6 Å². The Morgan fingerprint density at radius 2 is 1.74 bits per heavy atom. The third-order valence-electron chi connectivity index (χ3n) is 7.23. The maximum atomic E-state index is 13.0. The van der Waals surface area contributed by atoms with E-state index in [4.69, 9.17) is 4.74 Å². The van der Waals surface area contributed by atoms with Crippen molar-refractivity contribution in [3.8, 4) is 11.8 Å². The molecule has 9 nitrogen and oxygen atoms in total. The number of nitriles is 1. The van der Waals surface area contributed by atoms with Gasteiger partial charge < -0.3 is 15.0 Å². The molecule has 1 fully saturated rings. The molecule has 1 N–H and O–H groups in total. The lowest BCUT2D eigenvalue weighted by Gasteiger charge is -2.25.